The van der Waals surface area contributed by atoms with Crippen LogP contribution in [0.5, 0.6) is 0 Å². The fraction of sp³-hybridized carbons (Fsp3) is 0.360. The lowest BCUT2D eigenvalue weighted by Crippen LogP contribution is -2.25. The minimum Gasteiger partial charge on any atom is -0.356 e. The van der Waals surface area contributed by atoms with Crippen LogP contribution in [0.3, 0.4) is 0 Å². The minimum absolute atomic E-state index is 0.109. The molecular weight excluding hydrogens is 360 g/mol. The molecule has 3 aromatic rings. The van der Waals surface area contributed by atoms with Crippen LogP contribution in [0, 0.1) is 0 Å². The third-order valence-electron chi connectivity index (χ3n) is 5.26. The van der Waals surface area contributed by atoms with Crippen molar-refractivity contribution in [3.05, 3.63) is 60.2 Å². The van der Waals surface area contributed by atoms with Gasteiger partial charge in [0.15, 0.2) is 0 Å². The number of fused-ring (bicyclic) bond motifs is 1. The van der Waals surface area contributed by atoms with E-state index >= 15 is 0 Å². The molecule has 0 unspecified atom stereocenters. The SMILES string of the molecule is CC(=O)CCCCCCC(=O)NCCc1c(-c2ccccc2)[nH]c2ccccc12. The molecule has 1 aromatic heterocycles. The van der Waals surface area contributed by atoms with Crippen LogP contribution in [0.25, 0.3) is 22.2 Å². The van der Waals surface area contributed by atoms with Crippen LogP contribution in [0.4, 0.5) is 0 Å². The number of aromatic amines is 1. The molecule has 0 aliphatic carbocycles. The molecule has 2 N–H and O–H groups in total. The molecule has 0 aliphatic rings. The maximum absolute atomic E-state index is 12.2. The van der Waals surface area contributed by atoms with Gasteiger partial charge in [0.1, 0.15) is 5.78 Å². The zero-order valence-corrected chi connectivity index (χ0v) is 17.2. The number of carbonyl (C=O) groups is 2. The van der Waals surface area contributed by atoms with Crippen molar-refractivity contribution < 1.29 is 9.59 Å². The fourth-order valence-electron chi connectivity index (χ4n) is 3.74. The van der Waals surface area contributed by atoms with Crippen molar-refractivity contribution in [3.63, 3.8) is 0 Å². The molecule has 0 spiro atoms. The molecular formula is C25H30N2O2. The van der Waals surface area contributed by atoms with Crippen molar-refractivity contribution in [1.82, 2.24) is 10.3 Å². The van der Waals surface area contributed by atoms with Crippen molar-refractivity contribution >= 4 is 22.6 Å². The van der Waals surface area contributed by atoms with E-state index in [-0.39, 0.29) is 11.7 Å². The third-order valence-corrected chi connectivity index (χ3v) is 5.26. The topological polar surface area (TPSA) is 62.0 Å². The van der Waals surface area contributed by atoms with E-state index < -0.39 is 0 Å². The first kappa shape index (κ1) is 20.8. The number of hydrogen-bond acceptors (Lipinski definition) is 2. The predicted octanol–water partition coefficient (Wildman–Crippen LogP) is 5.42. The van der Waals surface area contributed by atoms with Crippen molar-refractivity contribution in [2.24, 2.45) is 0 Å². The Bertz CT molecular complexity index is 944. The van der Waals surface area contributed by atoms with E-state index in [2.05, 4.69) is 40.6 Å². The van der Waals surface area contributed by atoms with Crippen LogP contribution in [0.1, 0.15) is 51.0 Å². The van der Waals surface area contributed by atoms with Crippen LogP contribution < -0.4 is 5.32 Å². The standard InChI is InChI=1S/C25H30N2O2/c1-19(28)11-5-2-3-8-16-24(29)26-18-17-22-21-14-9-10-15-23(21)27-25(22)20-12-6-4-7-13-20/h4,6-7,9-10,12-15,27H,2-3,5,8,11,16-18H2,1H3,(H,26,29). The minimum atomic E-state index is 0.109. The largest absolute Gasteiger partial charge is 0.356 e. The smallest absolute Gasteiger partial charge is 0.220 e. The molecule has 152 valence electrons. The van der Waals surface area contributed by atoms with Gasteiger partial charge in [-0.1, -0.05) is 61.4 Å². The lowest BCUT2D eigenvalue weighted by molar-refractivity contribution is -0.121. The second-order valence-electron chi connectivity index (χ2n) is 7.61. The first-order chi connectivity index (χ1) is 14.1. The lowest BCUT2D eigenvalue weighted by Gasteiger charge is -2.08. The van der Waals surface area contributed by atoms with Crippen molar-refractivity contribution in [2.75, 3.05) is 6.54 Å². The number of para-hydroxylation sites is 1. The van der Waals surface area contributed by atoms with Gasteiger partial charge in [-0.05, 0) is 43.4 Å². The quantitative estimate of drug-likeness (QED) is 0.429. The molecule has 0 saturated carbocycles. The molecule has 29 heavy (non-hydrogen) atoms. The van der Waals surface area contributed by atoms with E-state index in [1.807, 2.05) is 24.3 Å². The molecule has 2 aromatic carbocycles. The summed E-state index contributed by atoms with van der Waals surface area (Å²) in [5.74, 6) is 0.354. The van der Waals surface area contributed by atoms with Gasteiger partial charge in [-0.3, -0.25) is 4.79 Å². The molecule has 0 fully saturated rings. The summed E-state index contributed by atoms with van der Waals surface area (Å²) < 4.78 is 0. The molecule has 0 aliphatic heterocycles. The predicted molar refractivity (Wildman–Crippen MR) is 119 cm³/mol. The number of ketones is 1. The highest BCUT2D eigenvalue weighted by Crippen LogP contribution is 2.30. The number of H-pyrrole nitrogens is 1. The number of carbonyl (C=O) groups excluding carboxylic acids is 2. The van der Waals surface area contributed by atoms with Gasteiger partial charge in [0.25, 0.3) is 0 Å². The number of rotatable bonds is 11. The zero-order valence-electron chi connectivity index (χ0n) is 17.2. The average Bonchev–Trinajstić information content (AvgIpc) is 3.10. The van der Waals surface area contributed by atoms with Crippen molar-refractivity contribution in [2.45, 2.75) is 51.9 Å². The first-order valence-electron chi connectivity index (χ1n) is 10.6. The molecule has 0 atom stereocenters. The van der Waals surface area contributed by atoms with E-state index in [0.29, 0.717) is 19.4 Å². The number of hydrogen-bond donors (Lipinski definition) is 2. The second-order valence-corrected chi connectivity index (χ2v) is 7.61. The number of benzene rings is 2. The second kappa shape index (κ2) is 10.6. The van der Waals surface area contributed by atoms with Gasteiger partial charge in [-0.25, -0.2) is 0 Å². The summed E-state index contributed by atoms with van der Waals surface area (Å²) in [4.78, 5) is 26.6. The highest BCUT2D eigenvalue weighted by atomic mass is 16.1. The lowest BCUT2D eigenvalue weighted by atomic mass is 10.0. The van der Waals surface area contributed by atoms with E-state index in [0.717, 1.165) is 48.9 Å². The third kappa shape index (κ3) is 6.05. The molecule has 1 amide bonds. The number of Topliss-reactive ketones (excluding diaryl/α,β-unsaturated/α-hetero) is 1. The van der Waals surface area contributed by atoms with Crippen LogP contribution in [0.15, 0.2) is 54.6 Å². The molecule has 0 bridgehead atoms. The summed E-state index contributed by atoms with van der Waals surface area (Å²) in [5, 5.41) is 4.28. The molecule has 1 heterocycles. The summed E-state index contributed by atoms with van der Waals surface area (Å²) >= 11 is 0. The van der Waals surface area contributed by atoms with Crippen LogP contribution in [0.2, 0.25) is 0 Å². The first-order valence-corrected chi connectivity index (χ1v) is 10.6. The van der Waals surface area contributed by atoms with E-state index in [9.17, 15) is 9.59 Å². The van der Waals surface area contributed by atoms with Gasteiger partial charge in [-0.2, -0.15) is 0 Å². The summed E-state index contributed by atoms with van der Waals surface area (Å²) in [6, 6.07) is 18.6. The number of nitrogens with one attached hydrogen (secondary N) is 2. The highest BCUT2D eigenvalue weighted by molar-refractivity contribution is 5.90. The highest BCUT2D eigenvalue weighted by Gasteiger charge is 2.13. The van der Waals surface area contributed by atoms with E-state index in [4.69, 9.17) is 0 Å². The van der Waals surface area contributed by atoms with E-state index in [1.165, 1.54) is 10.9 Å². The monoisotopic (exact) mass is 390 g/mol. The van der Waals surface area contributed by atoms with Crippen molar-refractivity contribution in [3.8, 4) is 11.3 Å². The van der Waals surface area contributed by atoms with Gasteiger partial charge >= 0.3 is 0 Å². The zero-order chi connectivity index (χ0) is 20.5. The summed E-state index contributed by atoms with van der Waals surface area (Å²) in [5.41, 5.74) is 4.66. The maximum Gasteiger partial charge on any atom is 0.220 e. The Kier molecular flexibility index (Phi) is 7.62. The van der Waals surface area contributed by atoms with Crippen LogP contribution >= 0.6 is 0 Å². The maximum atomic E-state index is 12.2. The van der Waals surface area contributed by atoms with Gasteiger partial charge in [0.2, 0.25) is 5.91 Å². The Hall–Kier alpha value is -2.88. The van der Waals surface area contributed by atoms with Crippen LogP contribution in [-0.2, 0) is 16.0 Å². The average molecular weight is 391 g/mol. The van der Waals surface area contributed by atoms with Crippen LogP contribution in [-0.4, -0.2) is 23.2 Å². The summed E-state index contributed by atoms with van der Waals surface area (Å²) in [6.07, 6.45) is 5.83. The molecule has 4 nitrogen and oxygen atoms in total. The Morgan fingerprint density at radius 2 is 1.55 bits per heavy atom. The summed E-state index contributed by atoms with van der Waals surface area (Å²) in [6.45, 7) is 2.26. The molecule has 0 radical (unpaired) electrons. The number of amides is 1. The Labute approximate surface area is 172 Å². The fourth-order valence-corrected chi connectivity index (χ4v) is 3.74. The number of aromatic nitrogens is 1. The van der Waals surface area contributed by atoms with Crippen molar-refractivity contribution in [1.29, 1.82) is 0 Å². The molecule has 3 rings (SSSR count). The Balaban J connectivity index is 1.53. The van der Waals surface area contributed by atoms with Gasteiger partial charge < -0.3 is 15.1 Å². The van der Waals surface area contributed by atoms with Gasteiger partial charge in [-0.15, -0.1) is 0 Å². The van der Waals surface area contributed by atoms with E-state index in [1.54, 1.807) is 6.92 Å². The Morgan fingerprint density at radius 3 is 2.31 bits per heavy atom. The summed E-state index contributed by atoms with van der Waals surface area (Å²) in [7, 11) is 0. The van der Waals surface area contributed by atoms with Gasteiger partial charge in [0, 0.05) is 36.0 Å². The molecule has 4 heteroatoms. The van der Waals surface area contributed by atoms with Gasteiger partial charge in [0.05, 0.1) is 0 Å². The molecule has 0 saturated heterocycles. The Morgan fingerprint density at radius 1 is 0.862 bits per heavy atom. The number of unbranched alkanes of at least 4 members (excludes halogenated alkanes) is 3. The normalized spacial score (nSPS) is 10.9.